The second kappa shape index (κ2) is 4.54. The molecule has 0 fully saturated rings. The Labute approximate surface area is 87.6 Å². The molecule has 3 heteroatoms. The Morgan fingerprint density at radius 2 is 1.85 bits per heavy atom. The van der Waals surface area contributed by atoms with Gasteiger partial charge in [-0.15, -0.1) is 0 Å². The molecule has 0 atom stereocenters. The molecule has 1 aromatic rings. The van der Waals surface area contributed by atoms with Crippen LogP contribution in [-0.4, -0.2) is 5.11 Å². The van der Waals surface area contributed by atoms with Crippen molar-refractivity contribution in [3.63, 3.8) is 0 Å². The predicted molar refractivity (Wildman–Crippen MR) is 56.6 cm³/mol. The predicted octanol–water partition coefficient (Wildman–Crippen LogP) is 3.82. The smallest absolute Gasteiger partial charge is 0.152 e. The highest BCUT2D eigenvalue weighted by Crippen LogP contribution is 2.32. The van der Waals surface area contributed by atoms with Crippen LogP contribution in [0.1, 0.15) is 12.5 Å². The third-order valence-electron chi connectivity index (χ3n) is 1.67. The molecule has 0 saturated heterocycles. The molecule has 0 aliphatic heterocycles. The molecule has 1 N–H and O–H groups in total. The first kappa shape index (κ1) is 10.4. The summed E-state index contributed by atoms with van der Waals surface area (Å²) in [6, 6.07) is 3.42. The zero-order valence-electron chi connectivity index (χ0n) is 7.22. The molecule has 0 aliphatic rings. The molecule has 0 aliphatic carbocycles. The summed E-state index contributed by atoms with van der Waals surface area (Å²) in [6.07, 6.45) is 4.73. The second-order valence-corrected chi connectivity index (χ2v) is 3.50. The number of rotatable bonds is 2. The molecule has 0 aromatic heterocycles. The summed E-state index contributed by atoms with van der Waals surface area (Å²) in [7, 11) is 0. The zero-order valence-corrected chi connectivity index (χ0v) is 8.73. The maximum atomic E-state index is 9.27. The molecule has 0 radical (unpaired) electrons. The lowest BCUT2D eigenvalue weighted by molar-refractivity contribution is 0.475. The van der Waals surface area contributed by atoms with E-state index in [9.17, 15) is 5.11 Å². The van der Waals surface area contributed by atoms with E-state index >= 15 is 0 Å². The number of hydrogen-bond donors (Lipinski definition) is 1. The van der Waals surface area contributed by atoms with Crippen LogP contribution in [0.3, 0.4) is 0 Å². The minimum Gasteiger partial charge on any atom is -0.505 e. The number of allylic oxidation sites excluding steroid dienone is 2. The molecule has 1 nitrogen and oxygen atoms in total. The van der Waals surface area contributed by atoms with Crippen LogP contribution < -0.4 is 0 Å². The summed E-state index contributed by atoms with van der Waals surface area (Å²) in [5.41, 5.74) is 0.992. The molecule has 0 spiro atoms. The number of halogens is 2. The number of benzene rings is 1. The van der Waals surface area contributed by atoms with Crippen molar-refractivity contribution in [2.75, 3.05) is 0 Å². The van der Waals surface area contributed by atoms with Gasteiger partial charge in [0.1, 0.15) is 0 Å². The van der Waals surface area contributed by atoms with Crippen molar-refractivity contribution in [2.45, 2.75) is 13.3 Å². The Hall–Kier alpha value is -0.660. The van der Waals surface area contributed by atoms with Crippen molar-refractivity contribution < 1.29 is 5.11 Å². The van der Waals surface area contributed by atoms with Gasteiger partial charge in [0, 0.05) is 0 Å². The highest BCUT2D eigenvalue weighted by atomic mass is 35.5. The fourth-order valence-electron chi connectivity index (χ4n) is 0.990. The Kier molecular flexibility index (Phi) is 3.64. The Balaban J connectivity index is 2.99. The molecule has 1 rings (SSSR count). The normalized spacial score (nSPS) is 11.0. The van der Waals surface area contributed by atoms with Crippen LogP contribution in [0.15, 0.2) is 24.3 Å². The number of phenols is 1. The van der Waals surface area contributed by atoms with Crippen LogP contribution in [0.5, 0.6) is 5.75 Å². The van der Waals surface area contributed by atoms with Gasteiger partial charge in [-0.05, 0) is 31.0 Å². The monoisotopic (exact) mass is 216 g/mol. The highest BCUT2D eigenvalue weighted by Gasteiger charge is 2.05. The molecule has 70 valence electrons. The van der Waals surface area contributed by atoms with E-state index in [4.69, 9.17) is 23.2 Å². The molecule has 0 amide bonds. The molecular formula is C10H10Cl2O. The minimum absolute atomic E-state index is 0.0486. The average Bonchev–Trinajstić information content (AvgIpc) is 2.10. The van der Waals surface area contributed by atoms with Crippen LogP contribution in [0.2, 0.25) is 10.0 Å². The fourth-order valence-corrected chi connectivity index (χ4v) is 1.52. The standard InChI is InChI=1S/C10H10Cl2O/c1-2-3-4-7-5-8(11)10(13)9(12)6-7/h2-3,5-6,13H,4H2,1H3/b3-2+. The molecule has 1 aromatic carbocycles. The lowest BCUT2D eigenvalue weighted by atomic mass is 10.1. The number of hydrogen-bond acceptors (Lipinski definition) is 1. The van der Waals surface area contributed by atoms with Gasteiger partial charge < -0.3 is 5.11 Å². The maximum Gasteiger partial charge on any atom is 0.152 e. The van der Waals surface area contributed by atoms with E-state index in [1.165, 1.54) is 0 Å². The van der Waals surface area contributed by atoms with Gasteiger partial charge in [0.15, 0.2) is 5.75 Å². The second-order valence-electron chi connectivity index (χ2n) is 2.68. The van der Waals surface area contributed by atoms with Gasteiger partial charge >= 0.3 is 0 Å². The van der Waals surface area contributed by atoms with Crippen LogP contribution >= 0.6 is 23.2 Å². The zero-order chi connectivity index (χ0) is 9.84. The Bertz CT molecular complexity index is 309. The summed E-state index contributed by atoms with van der Waals surface area (Å²) in [5, 5.41) is 9.87. The first-order valence-electron chi connectivity index (χ1n) is 3.93. The van der Waals surface area contributed by atoms with Crippen LogP contribution in [0.4, 0.5) is 0 Å². The first-order chi connectivity index (χ1) is 6.15. The van der Waals surface area contributed by atoms with Gasteiger partial charge in [0.2, 0.25) is 0 Å². The molecule has 0 saturated carbocycles. The minimum atomic E-state index is -0.0486. The fraction of sp³-hybridized carbons (Fsp3) is 0.200. The molecule has 0 unspecified atom stereocenters. The Morgan fingerprint density at radius 1 is 1.31 bits per heavy atom. The van der Waals surface area contributed by atoms with Gasteiger partial charge in [0.25, 0.3) is 0 Å². The summed E-state index contributed by atoms with van der Waals surface area (Å²) >= 11 is 11.5. The van der Waals surface area contributed by atoms with Crippen molar-refractivity contribution in [3.8, 4) is 5.75 Å². The highest BCUT2D eigenvalue weighted by molar-refractivity contribution is 6.37. The van der Waals surface area contributed by atoms with Crippen LogP contribution in [0.25, 0.3) is 0 Å². The molecule has 0 heterocycles. The van der Waals surface area contributed by atoms with Crippen molar-refractivity contribution in [1.29, 1.82) is 0 Å². The molecule has 13 heavy (non-hydrogen) atoms. The number of phenolic OH excluding ortho intramolecular Hbond substituents is 1. The quantitative estimate of drug-likeness (QED) is 0.746. The van der Waals surface area contributed by atoms with Crippen molar-refractivity contribution in [1.82, 2.24) is 0 Å². The summed E-state index contributed by atoms with van der Waals surface area (Å²) in [4.78, 5) is 0. The third-order valence-corrected chi connectivity index (χ3v) is 2.24. The molecular weight excluding hydrogens is 207 g/mol. The van der Waals surface area contributed by atoms with E-state index in [-0.39, 0.29) is 5.75 Å². The van der Waals surface area contributed by atoms with E-state index in [0.717, 1.165) is 12.0 Å². The van der Waals surface area contributed by atoms with Crippen LogP contribution in [-0.2, 0) is 6.42 Å². The average molecular weight is 217 g/mol. The van der Waals surface area contributed by atoms with Gasteiger partial charge in [-0.2, -0.15) is 0 Å². The van der Waals surface area contributed by atoms with E-state index in [0.29, 0.717) is 10.0 Å². The SMILES string of the molecule is C/C=C/Cc1cc(Cl)c(O)c(Cl)c1. The van der Waals surface area contributed by atoms with Gasteiger partial charge in [-0.3, -0.25) is 0 Å². The molecule has 0 bridgehead atoms. The lowest BCUT2D eigenvalue weighted by Gasteiger charge is -2.02. The lowest BCUT2D eigenvalue weighted by Crippen LogP contribution is -1.82. The van der Waals surface area contributed by atoms with E-state index < -0.39 is 0 Å². The largest absolute Gasteiger partial charge is 0.505 e. The third kappa shape index (κ3) is 2.64. The van der Waals surface area contributed by atoms with Crippen molar-refractivity contribution in [2.24, 2.45) is 0 Å². The van der Waals surface area contributed by atoms with E-state index in [2.05, 4.69) is 0 Å². The summed E-state index contributed by atoms with van der Waals surface area (Å²) in [5.74, 6) is -0.0486. The van der Waals surface area contributed by atoms with Crippen LogP contribution in [0, 0.1) is 0 Å². The maximum absolute atomic E-state index is 9.27. The van der Waals surface area contributed by atoms with E-state index in [1.54, 1.807) is 12.1 Å². The van der Waals surface area contributed by atoms with Gasteiger partial charge in [-0.1, -0.05) is 35.4 Å². The Morgan fingerprint density at radius 3 is 2.31 bits per heavy atom. The van der Waals surface area contributed by atoms with E-state index in [1.807, 2.05) is 19.1 Å². The van der Waals surface area contributed by atoms with Gasteiger partial charge in [-0.25, -0.2) is 0 Å². The van der Waals surface area contributed by atoms with Crippen molar-refractivity contribution in [3.05, 3.63) is 39.9 Å². The summed E-state index contributed by atoms with van der Waals surface area (Å²) < 4.78 is 0. The first-order valence-corrected chi connectivity index (χ1v) is 4.68. The van der Waals surface area contributed by atoms with Crippen molar-refractivity contribution >= 4 is 23.2 Å². The van der Waals surface area contributed by atoms with Gasteiger partial charge in [0.05, 0.1) is 10.0 Å². The number of aromatic hydroxyl groups is 1. The topological polar surface area (TPSA) is 20.2 Å². The summed E-state index contributed by atoms with van der Waals surface area (Å²) in [6.45, 7) is 1.95.